The molecule has 742 valence electrons. The minimum Gasteiger partial charge on any atom is -0.463 e. The molecule has 3 saturated heterocycles. The van der Waals surface area contributed by atoms with Gasteiger partial charge in [-0.05, 0) is 79.6 Å². The molecule has 45 nitrogen and oxygen atoms in total. The molecular weight excluding hydrogens is 1760 g/mol. The Balaban J connectivity index is 0.954. The van der Waals surface area contributed by atoms with E-state index in [1.54, 1.807) is 0 Å². The van der Waals surface area contributed by atoms with Gasteiger partial charge >= 0.3 is 77.7 Å². The van der Waals surface area contributed by atoms with Gasteiger partial charge in [0.1, 0.15) is 44.7 Å². The molecule has 3 heterocycles. The largest absolute Gasteiger partial charge is 0.463 e. The van der Waals surface area contributed by atoms with Crippen LogP contribution in [0.5, 0.6) is 0 Å². The summed E-state index contributed by atoms with van der Waals surface area (Å²) in [6.07, 6.45) is -16.6. The number of rotatable bonds is 57. The van der Waals surface area contributed by atoms with Crippen molar-refractivity contribution in [1.82, 2.24) is 21.3 Å². The number of benzene rings is 1. The quantitative estimate of drug-likeness (QED) is 0.0412. The molecule has 7 aliphatic rings. The van der Waals surface area contributed by atoms with E-state index in [1.807, 2.05) is 30.3 Å². The molecule has 7 fully saturated rings. The summed E-state index contributed by atoms with van der Waals surface area (Å²) in [4.78, 5) is 202. The molecule has 4 saturated carbocycles. The van der Waals surface area contributed by atoms with Crippen LogP contribution in [0.3, 0.4) is 0 Å². The number of carbonyl (C=O) groups is 16. The lowest BCUT2D eigenvalue weighted by Gasteiger charge is -2.71. The first-order valence-electron chi connectivity index (χ1n) is 43.8. The Labute approximate surface area is 764 Å². The second-order valence-electron chi connectivity index (χ2n) is 33.1. The fourth-order valence-corrected chi connectivity index (χ4v) is 18.0. The third-order valence-corrected chi connectivity index (χ3v) is 21.8. The highest BCUT2D eigenvalue weighted by atomic mass is 16.8. The predicted octanol–water partition coefficient (Wildman–Crippen LogP) is 2.08. The Morgan fingerprint density at radius 3 is 0.811 bits per heavy atom. The van der Waals surface area contributed by atoms with Gasteiger partial charge in [-0.1, -0.05) is 30.3 Å². The molecule has 15 atom stereocenters. The second kappa shape index (κ2) is 55.0. The van der Waals surface area contributed by atoms with E-state index in [4.69, 9.17) is 118 Å². The summed E-state index contributed by atoms with van der Waals surface area (Å²) >= 11 is 0. The van der Waals surface area contributed by atoms with Crippen molar-refractivity contribution in [3.8, 4) is 0 Å². The van der Waals surface area contributed by atoms with Crippen LogP contribution >= 0.6 is 0 Å². The van der Waals surface area contributed by atoms with Gasteiger partial charge in [0.15, 0.2) is 73.8 Å². The summed E-state index contributed by atoms with van der Waals surface area (Å²) in [5, 5.41) is 12.2. The van der Waals surface area contributed by atoms with Crippen molar-refractivity contribution in [2.24, 2.45) is 16.2 Å². The molecule has 4 N–H and O–H groups in total. The van der Waals surface area contributed by atoms with Crippen LogP contribution in [0, 0.1) is 16.2 Å². The zero-order valence-corrected chi connectivity index (χ0v) is 76.8. The van der Waals surface area contributed by atoms with Crippen molar-refractivity contribution in [1.29, 1.82) is 0 Å². The van der Waals surface area contributed by atoms with E-state index in [-0.39, 0.29) is 162 Å². The van der Waals surface area contributed by atoms with Crippen LogP contribution in [-0.4, -0.2) is 332 Å². The number of nitrogens with one attached hydrogen (secondary N) is 4. The summed E-state index contributed by atoms with van der Waals surface area (Å²) < 4.78 is 141. The fraction of sp³-hybridized carbons (Fsp3) is 0.747. The van der Waals surface area contributed by atoms with Gasteiger partial charge in [-0.15, -0.1) is 0 Å². The molecule has 0 aromatic heterocycles. The van der Waals surface area contributed by atoms with E-state index in [0.717, 1.165) is 88.6 Å². The van der Waals surface area contributed by atoms with Crippen molar-refractivity contribution in [2.45, 2.75) is 264 Å². The van der Waals surface area contributed by atoms with E-state index in [2.05, 4.69) is 21.3 Å². The van der Waals surface area contributed by atoms with Crippen LogP contribution in [0.4, 0.5) is 4.79 Å². The van der Waals surface area contributed by atoms with E-state index < -0.39 is 211 Å². The Bertz CT molecular complexity index is 3610. The molecule has 1 aromatic rings. The first-order chi connectivity index (χ1) is 62.8. The lowest BCUT2D eigenvalue weighted by molar-refractivity contribution is -0.309. The Morgan fingerprint density at radius 2 is 0.545 bits per heavy atom. The minimum absolute atomic E-state index is 0.0237. The molecule has 1 aromatic carbocycles. The molecule has 132 heavy (non-hydrogen) atoms. The Morgan fingerprint density at radius 1 is 0.295 bits per heavy atom. The lowest BCUT2D eigenvalue weighted by atomic mass is 9.35. The van der Waals surface area contributed by atoms with Gasteiger partial charge in [-0.25, -0.2) is 4.79 Å². The maximum absolute atomic E-state index is 14.3. The van der Waals surface area contributed by atoms with Gasteiger partial charge in [0.2, 0.25) is 17.7 Å². The number of esters is 12. The van der Waals surface area contributed by atoms with Gasteiger partial charge in [0.25, 0.3) is 0 Å². The molecule has 4 aliphatic carbocycles. The van der Waals surface area contributed by atoms with Crippen molar-refractivity contribution in [3.63, 3.8) is 0 Å². The van der Waals surface area contributed by atoms with Crippen molar-refractivity contribution < 1.29 is 195 Å². The Kier molecular flexibility index (Phi) is 45.5. The topological polar surface area (TPSA) is 552 Å². The third-order valence-electron chi connectivity index (χ3n) is 21.8. The van der Waals surface area contributed by atoms with E-state index in [1.165, 1.54) is 0 Å². The van der Waals surface area contributed by atoms with Crippen molar-refractivity contribution in [3.05, 3.63) is 35.9 Å². The highest BCUT2D eigenvalue weighted by Gasteiger charge is 2.68. The average molecular weight is 1890 g/mol. The average Bonchev–Trinajstić information content (AvgIpc) is 0.683. The summed E-state index contributed by atoms with van der Waals surface area (Å²) in [7, 11) is 0. The number of amides is 4. The molecular formula is C87H128N4O41. The molecule has 4 bridgehead atoms. The molecule has 45 heteroatoms. The second-order valence-corrected chi connectivity index (χ2v) is 33.1. The molecule has 8 rings (SSSR count). The van der Waals surface area contributed by atoms with Gasteiger partial charge in [-0.3, -0.25) is 71.9 Å². The molecule has 4 amide bonds. The molecule has 0 radical (unpaired) electrons. The molecule has 0 spiro atoms. The lowest BCUT2D eigenvalue weighted by Crippen LogP contribution is -2.69. The summed E-state index contributed by atoms with van der Waals surface area (Å²) in [6, 6.07) is 9.16. The van der Waals surface area contributed by atoms with Crippen LogP contribution < -0.4 is 21.3 Å². The summed E-state index contributed by atoms with van der Waals surface area (Å²) in [5.74, 6) is -10.0. The number of alkyl carbamates (subject to hydrolysis) is 1. The first kappa shape index (κ1) is 109. The van der Waals surface area contributed by atoms with Crippen LogP contribution in [0.1, 0.15) is 166 Å². The maximum Gasteiger partial charge on any atom is 0.407 e. The summed E-state index contributed by atoms with van der Waals surface area (Å²) in [6.45, 7) is 12.6. The normalized spacial score (nSPS) is 27.3. The maximum atomic E-state index is 14.3. The highest BCUT2D eigenvalue weighted by Crippen LogP contribution is 2.74. The number of hydrogen-bond donors (Lipinski definition) is 4. The minimum atomic E-state index is -1.43. The van der Waals surface area contributed by atoms with E-state index in [9.17, 15) is 76.7 Å². The van der Waals surface area contributed by atoms with Crippen LogP contribution in [-0.2, 0) is 197 Å². The molecule has 3 aliphatic heterocycles. The van der Waals surface area contributed by atoms with Crippen LogP contribution in [0.15, 0.2) is 30.3 Å². The number of hydrogen-bond acceptors (Lipinski definition) is 41. The number of ether oxygens (including phenoxy) is 25. The van der Waals surface area contributed by atoms with Crippen molar-refractivity contribution in [2.75, 3.05) is 139 Å². The Hall–Kier alpha value is -9.94. The third kappa shape index (κ3) is 37.8. The van der Waals surface area contributed by atoms with Gasteiger partial charge in [-0.2, -0.15) is 0 Å². The van der Waals surface area contributed by atoms with E-state index >= 15 is 0 Å². The predicted molar refractivity (Wildman–Crippen MR) is 443 cm³/mol. The van der Waals surface area contributed by atoms with Crippen LogP contribution in [0.25, 0.3) is 0 Å². The van der Waals surface area contributed by atoms with Gasteiger partial charge in [0, 0.05) is 128 Å². The van der Waals surface area contributed by atoms with E-state index in [0.29, 0.717) is 57.8 Å². The van der Waals surface area contributed by atoms with Crippen molar-refractivity contribution >= 4 is 95.4 Å². The summed E-state index contributed by atoms with van der Waals surface area (Å²) in [5.41, 5.74) is -1.92. The zero-order valence-electron chi connectivity index (χ0n) is 76.8. The standard InChI is InChI=1S/C87H128N4O41/c1-52(92)117-43-65-71(121-55(4)95)74(124-58(7)98)77(127-61(10)101)80(130-65)114-39-36-111-33-30-108-27-24-88-68(104)18-21-84-46-85(22-19-69(105)89-25-28-109-31-34-112-37-40-115-81-78(128-62(11)102)75(125-59(8)99)72(122-56(5)96)66(131-81)44-118-53(2)93)48-86(47-84,51-87(49-84,50-85)91-83(107)120-42-64-16-14-13-15-17-64)23-20-70(106)90-26-29-110-32-35-113-38-41-116-82-79(129-63(12)103)76(126-60(9)100)73(123-57(6)97)67(132-82)45-119-54(3)94/h13-17,65-67,71-82H,18-51H2,1-12H3,(H,88,104)(H,89,105)(H,90,106)(H,91,107)/t65-,66-,67-,71-,72-,73-,74+,75+,76+,77+,78+,79+,80+,81+,82+,84?,85?,86?,87?/m1/s1. The number of carbonyl (C=O) groups excluding carboxylic acids is 16. The SMILES string of the molecule is CC(=O)OC[C@H]1O[C@H](OCCOCCOCCNC(=O)CCC23CC4(CCC(=O)NCCOCCOCCO[C@H]5O[C@H](COC(C)=O)[C@@H](OC(C)=O)[C@H](OC(C)=O)[C@@H]5OC(C)=O)CC(CCC(=O)NCCOCCOCCO[C@H]5O[C@H](COC(C)=O)[C@@H](OC(C)=O)[C@H](OC(C)=O)[C@@H]5OC(C)=O)(C2)CC(NC(=O)OCc2ccccc2)(C3)C4)[C@@H](OC(C)=O)[C@@H](OC(C)=O)[C@@H]1OC(C)=O. The monoisotopic (exact) mass is 1880 g/mol. The highest BCUT2D eigenvalue weighted by molar-refractivity contribution is 5.78. The van der Waals surface area contributed by atoms with Gasteiger partial charge in [0.05, 0.1) is 99.1 Å². The zero-order chi connectivity index (χ0) is 96.6. The fourth-order valence-electron chi connectivity index (χ4n) is 18.0. The van der Waals surface area contributed by atoms with Gasteiger partial charge < -0.3 is 140 Å². The first-order valence-corrected chi connectivity index (χ1v) is 43.8. The smallest absolute Gasteiger partial charge is 0.407 e. The molecule has 0 unspecified atom stereocenters. The van der Waals surface area contributed by atoms with Crippen LogP contribution in [0.2, 0.25) is 0 Å².